The molecule has 2 fully saturated rings. The molecule has 132 valence electrons. The van der Waals surface area contributed by atoms with Crippen molar-refractivity contribution in [2.45, 2.75) is 18.6 Å². The van der Waals surface area contributed by atoms with Gasteiger partial charge in [-0.3, -0.25) is 9.59 Å². The zero-order chi connectivity index (χ0) is 17.8. The topological polar surface area (TPSA) is 75.4 Å². The van der Waals surface area contributed by atoms with E-state index in [0.717, 1.165) is 32.3 Å². The van der Waals surface area contributed by atoms with Gasteiger partial charge in [-0.1, -0.05) is 0 Å². The Hall–Kier alpha value is -2.42. The van der Waals surface area contributed by atoms with Gasteiger partial charge in [-0.25, -0.2) is 4.98 Å². The van der Waals surface area contributed by atoms with Crippen LogP contribution in [0.25, 0.3) is 11.0 Å². The van der Waals surface area contributed by atoms with Gasteiger partial charge in [-0.2, -0.15) is 13.2 Å². The van der Waals surface area contributed by atoms with Gasteiger partial charge in [0.1, 0.15) is 6.26 Å². The number of hydrogen-bond donors (Lipinski definition) is 1. The maximum absolute atomic E-state index is 12.7. The molecule has 0 aliphatic carbocycles. The first kappa shape index (κ1) is 16.1. The molecule has 6 nitrogen and oxygen atoms in total. The van der Waals surface area contributed by atoms with E-state index in [2.05, 4.69) is 15.2 Å². The first-order valence-corrected chi connectivity index (χ1v) is 7.85. The summed E-state index contributed by atoms with van der Waals surface area (Å²) in [5, 5.41) is 2.81. The number of piperidine rings is 1. The van der Waals surface area contributed by atoms with Gasteiger partial charge >= 0.3 is 6.18 Å². The van der Waals surface area contributed by atoms with Crippen LogP contribution in [0, 0.1) is 5.92 Å². The van der Waals surface area contributed by atoms with Crippen LogP contribution in [-0.4, -0.2) is 53.4 Å². The third kappa shape index (κ3) is 2.68. The van der Waals surface area contributed by atoms with Crippen LogP contribution in [0.3, 0.4) is 0 Å². The van der Waals surface area contributed by atoms with Crippen LogP contribution >= 0.6 is 0 Å². The number of fused-ring (bicyclic) bond motifs is 3. The number of aromatic nitrogens is 1. The Labute approximate surface area is 140 Å². The average molecular weight is 353 g/mol. The predicted molar refractivity (Wildman–Crippen MR) is 80.2 cm³/mol. The van der Waals surface area contributed by atoms with Crippen LogP contribution in [0.15, 0.2) is 22.9 Å². The first-order chi connectivity index (χ1) is 11.8. The molecule has 2 saturated heterocycles. The predicted octanol–water partition coefficient (Wildman–Crippen LogP) is 2.01. The van der Waals surface area contributed by atoms with Gasteiger partial charge in [0, 0.05) is 30.7 Å². The number of carbonyl (C=O) groups excluding carboxylic acids is 2. The highest BCUT2D eigenvalue weighted by molar-refractivity contribution is 6.13. The third-order valence-corrected chi connectivity index (χ3v) is 4.86. The Morgan fingerprint density at radius 3 is 2.76 bits per heavy atom. The van der Waals surface area contributed by atoms with Gasteiger partial charge in [0.05, 0.1) is 5.56 Å². The second kappa shape index (κ2) is 5.55. The molecule has 2 unspecified atom stereocenters. The van der Waals surface area contributed by atoms with E-state index >= 15 is 0 Å². The van der Waals surface area contributed by atoms with E-state index in [9.17, 15) is 22.8 Å². The molecule has 9 heteroatoms. The SMILES string of the molecule is O=C(NC1CN2CC[C@H]1C2)c1nccc2c(C(=O)C(F)(F)F)coc12. The molecule has 1 amide bonds. The summed E-state index contributed by atoms with van der Waals surface area (Å²) in [5.74, 6) is -2.14. The molecule has 3 atom stereocenters. The van der Waals surface area contributed by atoms with Gasteiger partial charge < -0.3 is 14.6 Å². The van der Waals surface area contributed by atoms with E-state index < -0.39 is 23.4 Å². The number of alkyl halides is 3. The highest BCUT2D eigenvalue weighted by Gasteiger charge is 2.42. The minimum atomic E-state index is -5.01. The number of halogens is 3. The quantitative estimate of drug-likeness (QED) is 0.855. The number of carbonyl (C=O) groups is 2. The molecule has 4 rings (SSSR count). The number of furan rings is 1. The molecule has 2 aromatic heterocycles. The van der Waals surface area contributed by atoms with Gasteiger partial charge in [-0.15, -0.1) is 0 Å². The Kier molecular flexibility index (Phi) is 3.57. The fourth-order valence-corrected chi connectivity index (χ4v) is 3.64. The van der Waals surface area contributed by atoms with Crippen molar-refractivity contribution in [3.05, 3.63) is 29.8 Å². The lowest BCUT2D eigenvalue weighted by Crippen LogP contribution is -2.43. The Morgan fingerprint density at radius 1 is 1.32 bits per heavy atom. The number of nitrogens with one attached hydrogen (secondary N) is 1. The lowest BCUT2D eigenvalue weighted by Gasteiger charge is -2.22. The van der Waals surface area contributed by atoms with Crippen LogP contribution in [0.5, 0.6) is 0 Å². The molecule has 0 aromatic carbocycles. The van der Waals surface area contributed by atoms with Crippen molar-refractivity contribution in [1.29, 1.82) is 0 Å². The molecule has 25 heavy (non-hydrogen) atoms. The largest absolute Gasteiger partial charge is 0.461 e. The van der Waals surface area contributed by atoms with Crippen LogP contribution in [0.4, 0.5) is 13.2 Å². The molecule has 1 N–H and O–H groups in total. The summed E-state index contributed by atoms with van der Waals surface area (Å²) in [6.07, 6.45) is -2.08. The van der Waals surface area contributed by atoms with Gasteiger partial charge in [0.25, 0.3) is 11.7 Å². The van der Waals surface area contributed by atoms with E-state index in [1.165, 1.54) is 12.3 Å². The zero-order valence-electron chi connectivity index (χ0n) is 13.0. The fraction of sp³-hybridized carbons (Fsp3) is 0.438. The van der Waals surface area contributed by atoms with E-state index in [0.29, 0.717) is 5.92 Å². The third-order valence-electron chi connectivity index (χ3n) is 4.86. The molecule has 0 saturated carbocycles. The fourth-order valence-electron chi connectivity index (χ4n) is 3.64. The molecule has 0 radical (unpaired) electrons. The van der Waals surface area contributed by atoms with Gasteiger partial charge in [0.2, 0.25) is 0 Å². The standard InChI is InChI=1S/C16H14F3N3O3/c17-16(18,19)14(23)10-7-25-13-9(10)1-3-20-12(13)15(24)21-11-6-22-4-2-8(11)5-22/h1,3,7-8,11H,2,4-6H2,(H,21,24)/t8-,11?/m0/s1. The van der Waals surface area contributed by atoms with Crippen molar-refractivity contribution in [3.8, 4) is 0 Å². The normalized spacial score (nSPS) is 25.5. The second-order valence-electron chi connectivity index (χ2n) is 6.40. The summed E-state index contributed by atoms with van der Waals surface area (Å²) in [4.78, 5) is 30.2. The summed E-state index contributed by atoms with van der Waals surface area (Å²) in [5.41, 5.74) is -0.849. The number of nitrogens with zero attached hydrogens (tertiary/aromatic N) is 2. The Morgan fingerprint density at radius 2 is 2.12 bits per heavy atom. The monoisotopic (exact) mass is 353 g/mol. The maximum atomic E-state index is 12.7. The molecule has 4 heterocycles. The van der Waals surface area contributed by atoms with Crippen LogP contribution in [0.2, 0.25) is 0 Å². The number of amides is 1. The average Bonchev–Trinajstić information content (AvgIpc) is 3.27. The minimum absolute atomic E-state index is 0.00968. The van der Waals surface area contributed by atoms with Crippen molar-refractivity contribution >= 4 is 22.7 Å². The van der Waals surface area contributed by atoms with Crippen LogP contribution < -0.4 is 5.32 Å². The van der Waals surface area contributed by atoms with Crippen LogP contribution in [0.1, 0.15) is 27.3 Å². The van der Waals surface area contributed by atoms with E-state index in [1.54, 1.807) is 0 Å². The minimum Gasteiger partial charge on any atom is -0.461 e. The Balaban J connectivity index is 1.63. The number of hydrogen-bond acceptors (Lipinski definition) is 5. The van der Waals surface area contributed by atoms with Crippen LogP contribution in [-0.2, 0) is 0 Å². The number of rotatable bonds is 3. The first-order valence-electron chi connectivity index (χ1n) is 7.85. The molecule has 2 aliphatic rings. The summed E-state index contributed by atoms with van der Waals surface area (Å²) >= 11 is 0. The zero-order valence-corrected chi connectivity index (χ0v) is 13.0. The van der Waals surface area contributed by atoms with Crippen molar-refractivity contribution in [3.63, 3.8) is 0 Å². The highest BCUT2D eigenvalue weighted by Crippen LogP contribution is 2.30. The molecule has 2 bridgehead atoms. The van der Waals surface area contributed by atoms with Gasteiger partial charge in [0.15, 0.2) is 11.3 Å². The lowest BCUT2D eigenvalue weighted by molar-refractivity contribution is -0.0884. The molecule has 2 aromatic rings. The highest BCUT2D eigenvalue weighted by atomic mass is 19.4. The number of Topliss-reactive ketones (excluding diaryl/α,β-unsaturated/α-hetero) is 1. The van der Waals surface area contributed by atoms with Gasteiger partial charge in [-0.05, 0) is 24.9 Å². The van der Waals surface area contributed by atoms with Crippen molar-refractivity contribution in [2.24, 2.45) is 5.92 Å². The summed E-state index contributed by atoms with van der Waals surface area (Å²) in [6.45, 7) is 2.71. The number of pyridine rings is 1. The van der Waals surface area contributed by atoms with Crippen molar-refractivity contribution in [1.82, 2.24) is 15.2 Å². The molecule has 2 aliphatic heterocycles. The Bertz CT molecular complexity index is 861. The summed E-state index contributed by atoms with van der Waals surface area (Å²) < 4.78 is 43.1. The van der Waals surface area contributed by atoms with E-state index in [1.807, 2.05) is 0 Å². The summed E-state index contributed by atoms with van der Waals surface area (Å²) in [7, 11) is 0. The smallest absolute Gasteiger partial charge is 0.455 e. The lowest BCUT2D eigenvalue weighted by atomic mass is 10.00. The van der Waals surface area contributed by atoms with E-state index in [4.69, 9.17) is 4.42 Å². The maximum Gasteiger partial charge on any atom is 0.455 e. The van der Waals surface area contributed by atoms with Crippen molar-refractivity contribution < 1.29 is 27.2 Å². The molecular formula is C16H14F3N3O3. The second-order valence-corrected chi connectivity index (χ2v) is 6.40. The van der Waals surface area contributed by atoms with Crippen molar-refractivity contribution in [2.75, 3.05) is 19.6 Å². The van der Waals surface area contributed by atoms with E-state index in [-0.39, 0.29) is 22.7 Å². The molecular weight excluding hydrogens is 339 g/mol. The molecule has 0 spiro atoms. The summed E-state index contributed by atoms with van der Waals surface area (Å²) in [6, 6.07) is 1.22. The number of ketones is 1.